The van der Waals surface area contributed by atoms with Gasteiger partial charge >= 0.3 is 0 Å². The quantitative estimate of drug-likeness (QED) is 0.483. The number of hydrogen-bond donors (Lipinski definition) is 2. The van der Waals surface area contributed by atoms with E-state index in [9.17, 15) is 9.90 Å². The number of nitrogens with one attached hydrogen (secondary N) is 1. The van der Waals surface area contributed by atoms with Crippen LogP contribution < -0.4 is 5.32 Å². The summed E-state index contributed by atoms with van der Waals surface area (Å²) in [6.07, 6.45) is 2.80. The van der Waals surface area contributed by atoms with E-state index in [-0.39, 0.29) is 11.9 Å². The third-order valence-electron chi connectivity index (χ3n) is 6.20. The van der Waals surface area contributed by atoms with Crippen molar-refractivity contribution < 1.29 is 14.3 Å². The molecule has 1 aliphatic rings. The first kappa shape index (κ1) is 19.8. The zero-order valence-electron chi connectivity index (χ0n) is 17.4. The maximum atomic E-state index is 12.7. The monoisotopic (exact) mass is 417 g/mol. The molecule has 1 fully saturated rings. The predicted molar refractivity (Wildman–Crippen MR) is 121 cm³/mol. The topological polar surface area (TPSA) is 70.6 Å². The van der Waals surface area contributed by atoms with Crippen LogP contribution in [-0.4, -0.2) is 45.7 Å². The highest BCUT2D eigenvalue weighted by atomic mass is 16.3. The molecule has 2 aromatic heterocycles. The Bertz CT molecular complexity index is 1130. The van der Waals surface area contributed by atoms with Crippen molar-refractivity contribution in [1.29, 1.82) is 0 Å². The van der Waals surface area contributed by atoms with Gasteiger partial charge in [0.2, 0.25) is 5.91 Å². The van der Waals surface area contributed by atoms with Crippen LogP contribution in [0.4, 0.5) is 0 Å². The summed E-state index contributed by atoms with van der Waals surface area (Å²) in [5.41, 5.74) is 2.24. The molecule has 0 spiro atoms. The second-order valence-corrected chi connectivity index (χ2v) is 8.25. The molecule has 6 heteroatoms. The van der Waals surface area contributed by atoms with Gasteiger partial charge in [0, 0.05) is 28.4 Å². The fraction of sp³-hybridized carbons (Fsp3) is 0.320. The largest absolute Gasteiger partial charge is 0.467 e. The highest BCUT2D eigenvalue weighted by Crippen LogP contribution is 2.29. The van der Waals surface area contributed by atoms with E-state index in [1.165, 1.54) is 10.8 Å². The summed E-state index contributed by atoms with van der Waals surface area (Å²) in [5.74, 6) is 0.738. The van der Waals surface area contributed by atoms with Gasteiger partial charge in [-0.1, -0.05) is 36.4 Å². The van der Waals surface area contributed by atoms with Crippen LogP contribution in [0.25, 0.3) is 21.8 Å². The van der Waals surface area contributed by atoms with Crippen molar-refractivity contribution in [3.8, 4) is 0 Å². The van der Waals surface area contributed by atoms with Gasteiger partial charge in [-0.3, -0.25) is 9.69 Å². The standard InChI is InChI=1S/C25H27N3O3/c29-18(16-27-13-5-12-24(27)25(30)26-15-19-7-6-14-31-19)17-28-22-10-3-1-8-20(22)21-9-2-4-11-23(21)28/h1-4,6-11,14,18,24,29H,5,12-13,15-17H2,(H,26,30). The molecule has 2 aromatic carbocycles. The predicted octanol–water partition coefficient (Wildman–Crippen LogP) is 3.53. The summed E-state index contributed by atoms with van der Waals surface area (Å²) >= 11 is 0. The van der Waals surface area contributed by atoms with E-state index >= 15 is 0 Å². The molecule has 6 nitrogen and oxygen atoms in total. The Morgan fingerprint density at radius 3 is 2.42 bits per heavy atom. The van der Waals surface area contributed by atoms with Crippen molar-refractivity contribution in [2.75, 3.05) is 13.1 Å². The minimum absolute atomic E-state index is 0.00189. The van der Waals surface area contributed by atoms with Gasteiger partial charge < -0.3 is 19.4 Å². The number of para-hydroxylation sites is 2. The number of rotatable bonds is 7. The Hall–Kier alpha value is -3.09. The second kappa shape index (κ2) is 8.57. The number of hydrogen-bond acceptors (Lipinski definition) is 4. The van der Waals surface area contributed by atoms with Crippen LogP contribution >= 0.6 is 0 Å². The van der Waals surface area contributed by atoms with Crippen molar-refractivity contribution in [2.45, 2.75) is 38.1 Å². The summed E-state index contributed by atoms with van der Waals surface area (Å²) in [6, 6.07) is 20.1. The maximum absolute atomic E-state index is 12.7. The van der Waals surface area contributed by atoms with Gasteiger partial charge in [0.15, 0.2) is 0 Å². The van der Waals surface area contributed by atoms with Crippen LogP contribution in [0.1, 0.15) is 18.6 Å². The van der Waals surface area contributed by atoms with E-state index in [1.54, 1.807) is 6.26 Å². The molecule has 1 saturated heterocycles. The van der Waals surface area contributed by atoms with Crippen molar-refractivity contribution in [3.05, 3.63) is 72.7 Å². The van der Waals surface area contributed by atoms with E-state index in [1.807, 2.05) is 36.4 Å². The highest BCUT2D eigenvalue weighted by Gasteiger charge is 2.32. The summed E-state index contributed by atoms with van der Waals surface area (Å²) in [6.45, 7) is 2.17. The first-order valence-corrected chi connectivity index (χ1v) is 10.9. The number of benzene rings is 2. The molecule has 2 unspecified atom stereocenters. The van der Waals surface area contributed by atoms with Crippen LogP contribution in [0.5, 0.6) is 0 Å². The molecule has 4 aromatic rings. The summed E-state index contributed by atoms with van der Waals surface area (Å²) in [4.78, 5) is 14.8. The minimum atomic E-state index is -0.572. The minimum Gasteiger partial charge on any atom is -0.467 e. The molecule has 2 atom stereocenters. The van der Waals surface area contributed by atoms with E-state index in [0.717, 1.165) is 36.2 Å². The van der Waals surface area contributed by atoms with Crippen LogP contribution in [-0.2, 0) is 17.9 Å². The lowest BCUT2D eigenvalue weighted by atomic mass is 10.2. The number of aliphatic hydroxyl groups is 1. The van der Waals surface area contributed by atoms with Crippen LogP contribution in [0.2, 0.25) is 0 Å². The van der Waals surface area contributed by atoms with Gasteiger partial charge in [0.1, 0.15) is 5.76 Å². The highest BCUT2D eigenvalue weighted by molar-refractivity contribution is 6.07. The van der Waals surface area contributed by atoms with Gasteiger partial charge in [-0.05, 0) is 43.7 Å². The summed E-state index contributed by atoms with van der Waals surface area (Å²) < 4.78 is 7.49. The molecule has 3 heterocycles. The van der Waals surface area contributed by atoms with Gasteiger partial charge in [-0.2, -0.15) is 0 Å². The van der Waals surface area contributed by atoms with E-state index < -0.39 is 6.10 Å². The fourth-order valence-corrected chi connectivity index (χ4v) is 4.79. The van der Waals surface area contributed by atoms with Gasteiger partial charge in [0.25, 0.3) is 0 Å². The third kappa shape index (κ3) is 3.96. The lowest BCUT2D eigenvalue weighted by Crippen LogP contribution is -2.46. The molecular weight excluding hydrogens is 390 g/mol. The Kier molecular flexibility index (Phi) is 5.49. The molecule has 1 aliphatic heterocycles. The van der Waals surface area contributed by atoms with Crippen molar-refractivity contribution in [1.82, 2.24) is 14.8 Å². The number of nitrogens with zero attached hydrogens (tertiary/aromatic N) is 2. The number of fused-ring (bicyclic) bond motifs is 3. The zero-order chi connectivity index (χ0) is 21.2. The third-order valence-corrected chi connectivity index (χ3v) is 6.20. The van der Waals surface area contributed by atoms with E-state index in [2.05, 4.69) is 39.0 Å². The number of carbonyl (C=O) groups is 1. The SMILES string of the molecule is O=C(NCc1ccco1)C1CCCN1CC(O)Cn1c2ccccc2c2ccccc21. The molecule has 0 saturated carbocycles. The zero-order valence-corrected chi connectivity index (χ0v) is 17.4. The molecule has 0 aliphatic carbocycles. The Balaban J connectivity index is 1.29. The smallest absolute Gasteiger partial charge is 0.237 e. The number of aromatic nitrogens is 1. The van der Waals surface area contributed by atoms with Crippen molar-refractivity contribution in [3.63, 3.8) is 0 Å². The van der Waals surface area contributed by atoms with Crippen molar-refractivity contribution >= 4 is 27.7 Å². The lowest BCUT2D eigenvalue weighted by Gasteiger charge is -2.26. The molecular formula is C25H27N3O3. The molecule has 2 N–H and O–H groups in total. The van der Waals surface area contributed by atoms with Gasteiger partial charge in [-0.15, -0.1) is 0 Å². The van der Waals surface area contributed by atoms with Gasteiger partial charge in [0.05, 0.1) is 31.5 Å². The molecule has 0 bridgehead atoms. The second-order valence-electron chi connectivity index (χ2n) is 8.25. The lowest BCUT2D eigenvalue weighted by molar-refractivity contribution is -0.126. The number of aliphatic hydroxyl groups excluding tert-OH is 1. The maximum Gasteiger partial charge on any atom is 0.237 e. The summed E-state index contributed by atoms with van der Waals surface area (Å²) in [7, 11) is 0. The van der Waals surface area contributed by atoms with Gasteiger partial charge in [-0.25, -0.2) is 0 Å². The Morgan fingerprint density at radius 2 is 1.74 bits per heavy atom. The van der Waals surface area contributed by atoms with E-state index in [4.69, 9.17) is 4.42 Å². The normalized spacial score (nSPS) is 18.0. The molecule has 5 rings (SSSR count). The molecule has 160 valence electrons. The number of amides is 1. The number of carbonyl (C=O) groups excluding carboxylic acids is 1. The van der Waals surface area contributed by atoms with E-state index in [0.29, 0.717) is 19.6 Å². The number of β-amino-alcohol motifs (C(OH)–C–C–N with tert-alkyl or cyclic N) is 1. The first-order valence-electron chi connectivity index (χ1n) is 10.9. The van der Waals surface area contributed by atoms with Crippen LogP contribution in [0.3, 0.4) is 0 Å². The molecule has 31 heavy (non-hydrogen) atoms. The number of likely N-dealkylation sites (tertiary alicyclic amines) is 1. The molecule has 0 radical (unpaired) electrons. The van der Waals surface area contributed by atoms with Crippen molar-refractivity contribution in [2.24, 2.45) is 0 Å². The summed E-state index contributed by atoms with van der Waals surface area (Å²) in [5, 5.41) is 16.3. The first-order chi connectivity index (χ1) is 15.2. The average Bonchev–Trinajstić information content (AvgIpc) is 3.53. The Labute approximate surface area is 181 Å². The van der Waals surface area contributed by atoms with Crippen LogP contribution in [0.15, 0.2) is 71.3 Å². The molecule has 1 amide bonds. The number of furan rings is 1. The van der Waals surface area contributed by atoms with Crippen LogP contribution in [0, 0.1) is 0 Å². The average molecular weight is 418 g/mol. The Morgan fingerprint density at radius 1 is 1.03 bits per heavy atom. The fourth-order valence-electron chi connectivity index (χ4n) is 4.79.